The fourth-order valence-corrected chi connectivity index (χ4v) is 8.09. The monoisotopic (exact) mass is 776 g/mol. The molecule has 0 spiro atoms. The summed E-state index contributed by atoms with van der Waals surface area (Å²) in [4.78, 5) is 55.7. The molecule has 0 amide bonds. The predicted octanol–water partition coefficient (Wildman–Crippen LogP) is 8.68. The Balaban J connectivity index is 1.41. The molecular weight excluding hydrogens is 737 g/mol. The van der Waals surface area contributed by atoms with Crippen molar-refractivity contribution in [1.29, 1.82) is 0 Å². The van der Waals surface area contributed by atoms with Crippen molar-refractivity contribution >= 4 is 47.4 Å². The molecular formula is C44H40O9S2. The molecule has 6 rings (SSSR count). The maximum absolute atomic E-state index is 13.9. The van der Waals surface area contributed by atoms with E-state index in [-0.39, 0.29) is 23.3 Å². The lowest BCUT2D eigenvalue weighted by atomic mass is 9.98. The van der Waals surface area contributed by atoms with Crippen molar-refractivity contribution in [2.24, 2.45) is 0 Å². The molecule has 5 aromatic rings. The highest BCUT2D eigenvalue weighted by Gasteiger charge is 2.53. The second-order valence-corrected chi connectivity index (χ2v) is 15.5. The molecule has 0 radical (unpaired) electrons. The zero-order valence-corrected chi connectivity index (χ0v) is 31.9. The Hall–Kier alpha value is -5.36. The summed E-state index contributed by atoms with van der Waals surface area (Å²) in [7, 11) is 0. The van der Waals surface area contributed by atoms with E-state index in [0.29, 0.717) is 16.6 Å². The summed E-state index contributed by atoms with van der Waals surface area (Å²) in [5.41, 5.74) is 1.06. The van der Waals surface area contributed by atoms with Gasteiger partial charge in [-0.15, -0.1) is 23.5 Å². The van der Waals surface area contributed by atoms with Crippen LogP contribution < -0.4 is 0 Å². The first-order valence-corrected chi connectivity index (χ1v) is 19.7. The Bertz CT molecular complexity index is 2030. The van der Waals surface area contributed by atoms with Crippen LogP contribution in [0.1, 0.15) is 60.8 Å². The number of thioether (sulfide) groups is 2. The van der Waals surface area contributed by atoms with Crippen LogP contribution in [0.15, 0.2) is 150 Å². The fourth-order valence-electron chi connectivity index (χ4n) is 5.83. The van der Waals surface area contributed by atoms with Crippen molar-refractivity contribution in [1.82, 2.24) is 0 Å². The van der Waals surface area contributed by atoms with E-state index in [1.165, 1.54) is 11.8 Å². The molecule has 0 N–H and O–H groups in total. The van der Waals surface area contributed by atoms with Gasteiger partial charge in [0.2, 0.25) is 0 Å². The topological polar surface area (TPSA) is 114 Å². The molecule has 0 saturated carbocycles. The number of carbonyl (C=O) groups excluding carboxylic acids is 4. The van der Waals surface area contributed by atoms with E-state index < -0.39 is 53.7 Å². The van der Waals surface area contributed by atoms with E-state index in [1.54, 1.807) is 133 Å². The zero-order chi connectivity index (χ0) is 38.6. The van der Waals surface area contributed by atoms with Crippen LogP contribution in [0, 0.1) is 0 Å². The van der Waals surface area contributed by atoms with E-state index >= 15 is 0 Å². The van der Waals surface area contributed by atoms with E-state index in [2.05, 4.69) is 13.8 Å². The molecule has 0 bridgehead atoms. The van der Waals surface area contributed by atoms with Gasteiger partial charge in [0, 0.05) is 15.9 Å². The summed E-state index contributed by atoms with van der Waals surface area (Å²) in [6, 6.07) is 41.5. The van der Waals surface area contributed by atoms with Crippen molar-refractivity contribution < 1.29 is 42.9 Å². The highest BCUT2D eigenvalue weighted by molar-refractivity contribution is 8.00. The molecule has 9 nitrogen and oxygen atoms in total. The summed E-state index contributed by atoms with van der Waals surface area (Å²) in [5, 5.41) is 0.321. The lowest BCUT2D eigenvalue weighted by Gasteiger charge is -2.44. The predicted molar refractivity (Wildman–Crippen MR) is 211 cm³/mol. The molecule has 1 fully saturated rings. The average molecular weight is 777 g/mol. The molecule has 5 atom stereocenters. The average Bonchev–Trinajstić information content (AvgIpc) is 3.22. The van der Waals surface area contributed by atoms with Gasteiger partial charge in [0.05, 0.1) is 22.3 Å². The summed E-state index contributed by atoms with van der Waals surface area (Å²) < 4.78 is 31.0. The number of esters is 4. The lowest BCUT2D eigenvalue weighted by Crippen LogP contribution is -2.61. The number of carbonyl (C=O) groups is 4. The maximum Gasteiger partial charge on any atom is 0.338 e. The van der Waals surface area contributed by atoms with Crippen LogP contribution in [0.3, 0.4) is 0 Å². The highest BCUT2D eigenvalue weighted by atomic mass is 32.2. The quantitative estimate of drug-likeness (QED) is 0.0613. The van der Waals surface area contributed by atoms with Crippen molar-refractivity contribution in [2.75, 3.05) is 6.61 Å². The first-order valence-electron chi connectivity index (χ1n) is 17.8. The second kappa shape index (κ2) is 19.3. The summed E-state index contributed by atoms with van der Waals surface area (Å²) in [6.45, 7) is 3.85. The van der Waals surface area contributed by atoms with Crippen LogP contribution in [0.4, 0.5) is 0 Å². The first-order chi connectivity index (χ1) is 26.8. The van der Waals surface area contributed by atoms with E-state index in [4.69, 9.17) is 23.7 Å². The van der Waals surface area contributed by atoms with Crippen LogP contribution in [-0.2, 0) is 29.4 Å². The van der Waals surface area contributed by atoms with Gasteiger partial charge < -0.3 is 23.7 Å². The summed E-state index contributed by atoms with van der Waals surface area (Å²) >= 11 is 3.05. The van der Waals surface area contributed by atoms with Gasteiger partial charge >= 0.3 is 23.9 Å². The normalized spacial score (nSPS) is 19.2. The number of benzene rings is 5. The standard InChI is InChI=1S/C44H40O9S2/c1-29(2)55-36-26-16-15-25-34(36)28-54-44-39(53-43(48)33-23-13-6-14-24-33)38(52-42(47)32-21-11-5-12-22-32)37(51-41(46)31-19-9-4-10-20-31)35(50-44)27-49-40(45)30-17-7-3-8-18-30/h3-26,29,35,37-39,44H,27-28H2,1-2H3/t35-,37-,38+,39+,44-/m1/s1. The third kappa shape index (κ3) is 10.7. The molecule has 0 aliphatic carbocycles. The van der Waals surface area contributed by atoms with Crippen molar-refractivity contribution in [3.8, 4) is 0 Å². The number of rotatable bonds is 14. The van der Waals surface area contributed by atoms with Gasteiger partial charge in [0.25, 0.3) is 0 Å². The van der Waals surface area contributed by atoms with Gasteiger partial charge in [-0.3, -0.25) is 0 Å². The van der Waals surface area contributed by atoms with Crippen LogP contribution in [-0.4, -0.2) is 65.6 Å². The van der Waals surface area contributed by atoms with E-state index in [0.717, 1.165) is 10.5 Å². The Labute approximate surface area is 328 Å². The van der Waals surface area contributed by atoms with E-state index in [1.807, 2.05) is 24.3 Å². The molecule has 282 valence electrons. The molecule has 0 aromatic heterocycles. The van der Waals surface area contributed by atoms with Gasteiger partial charge in [0.15, 0.2) is 18.3 Å². The lowest BCUT2D eigenvalue weighted by molar-refractivity contribution is -0.207. The van der Waals surface area contributed by atoms with E-state index in [9.17, 15) is 19.2 Å². The molecule has 1 saturated heterocycles. The molecule has 1 aliphatic heterocycles. The largest absolute Gasteiger partial charge is 0.459 e. The summed E-state index contributed by atoms with van der Waals surface area (Å²) in [5.74, 6) is -2.38. The van der Waals surface area contributed by atoms with Crippen molar-refractivity contribution in [3.05, 3.63) is 173 Å². The van der Waals surface area contributed by atoms with Crippen LogP contribution in [0.25, 0.3) is 0 Å². The molecule has 1 aliphatic rings. The SMILES string of the molecule is CC(C)Sc1ccccc1CS[C@H]1O[C@H](COC(=O)c2ccccc2)[C@@H](OC(=O)c2ccccc2)[C@H](OC(=O)c2ccccc2)[C@@H]1OC(=O)c1ccccc1. The molecule has 55 heavy (non-hydrogen) atoms. The highest BCUT2D eigenvalue weighted by Crippen LogP contribution is 2.38. The minimum absolute atomic E-state index is 0.226. The molecule has 1 heterocycles. The molecule has 5 aromatic carbocycles. The third-order valence-corrected chi connectivity index (χ3v) is 10.8. The molecule has 0 unspecified atom stereocenters. The fraction of sp³-hybridized carbons (Fsp3) is 0.227. The Kier molecular flexibility index (Phi) is 13.8. The van der Waals surface area contributed by atoms with Gasteiger partial charge in [0.1, 0.15) is 18.1 Å². The van der Waals surface area contributed by atoms with Gasteiger partial charge in [-0.25, -0.2) is 19.2 Å². The van der Waals surface area contributed by atoms with Crippen molar-refractivity contribution in [2.45, 2.75) is 59.6 Å². The second-order valence-electron chi connectivity index (χ2n) is 12.8. The number of ether oxygens (including phenoxy) is 5. The van der Waals surface area contributed by atoms with Crippen LogP contribution in [0.2, 0.25) is 0 Å². The smallest absolute Gasteiger partial charge is 0.338 e. The zero-order valence-electron chi connectivity index (χ0n) is 30.2. The van der Waals surface area contributed by atoms with Crippen molar-refractivity contribution in [3.63, 3.8) is 0 Å². The minimum atomic E-state index is -1.40. The number of hydrogen-bond donors (Lipinski definition) is 0. The Morgan fingerprint density at radius 2 is 0.964 bits per heavy atom. The van der Waals surface area contributed by atoms with Gasteiger partial charge in [-0.2, -0.15) is 0 Å². The van der Waals surface area contributed by atoms with Gasteiger partial charge in [-0.1, -0.05) is 105 Å². The maximum atomic E-state index is 13.9. The number of hydrogen-bond acceptors (Lipinski definition) is 11. The third-order valence-electron chi connectivity index (χ3n) is 8.48. The van der Waals surface area contributed by atoms with Gasteiger partial charge in [-0.05, 0) is 60.2 Å². The minimum Gasteiger partial charge on any atom is -0.459 e. The van der Waals surface area contributed by atoms with Crippen LogP contribution in [0.5, 0.6) is 0 Å². The Morgan fingerprint density at radius 1 is 0.545 bits per heavy atom. The Morgan fingerprint density at radius 3 is 1.45 bits per heavy atom. The van der Waals surface area contributed by atoms with Crippen LogP contribution >= 0.6 is 23.5 Å². The first kappa shape index (κ1) is 39.3. The molecule has 11 heteroatoms. The summed E-state index contributed by atoms with van der Waals surface area (Å²) in [6.07, 6.45) is -5.23.